The predicted molar refractivity (Wildman–Crippen MR) is 89.9 cm³/mol. The summed E-state index contributed by atoms with van der Waals surface area (Å²) in [7, 11) is 0. The Bertz CT molecular complexity index is 836. The van der Waals surface area contributed by atoms with Gasteiger partial charge in [-0.05, 0) is 40.2 Å². The summed E-state index contributed by atoms with van der Waals surface area (Å²) in [4.78, 5) is 13.8. The first kappa shape index (κ1) is 13.4. The van der Waals surface area contributed by atoms with Crippen LogP contribution in [0.15, 0.2) is 79.0 Å². The summed E-state index contributed by atoms with van der Waals surface area (Å²) in [5.41, 5.74) is 2.10. The molecule has 0 bridgehead atoms. The molecule has 0 atom stereocenters. The quantitative estimate of drug-likeness (QED) is 0.410. The molecule has 102 valence electrons. The van der Waals surface area contributed by atoms with Crippen molar-refractivity contribution in [1.82, 2.24) is 9.97 Å². The fourth-order valence-electron chi connectivity index (χ4n) is 2.24. The first-order valence-corrected chi connectivity index (χ1v) is 8.80. The Morgan fingerprint density at radius 2 is 1.57 bits per heavy atom. The topological polar surface area (TPSA) is 25.8 Å². The lowest BCUT2D eigenvalue weighted by atomic mass is 10.1. The molecule has 0 aliphatic carbocycles. The predicted octanol–water partition coefficient (Wildman–Crippen LogP) is 5.52. The summed E-state index contributed by atoms with van der Waals surface area (Å²) in [5, 5.41) is 0. The van der Waals surface area contributed by atoms with Crippen LogP contribution >= 0.6 is 39.5 Å². The summed E-state index contributed by atoms with van der Waals surface area (Å²) >= 11 is 6.98. The lowest BCUT2D eigenvalue weighted by molar-refractivity contribution is 1.09. The van der Waals surface area contributed by atoms with Gasteiger partial charge in [0.05, 0.1) is 5.69 Å². The second-order valence-electron chi connectivity index (χ2n) is 4.49. The normalized spacial score (nSPS) is 12.6. The molecule has 1 aliphatic rings. The van der Waals surface area contributed by atoms with Crippen molar-refractivity contribution in [1.29, 1.82) is 0 Å². The molecule has 2 aromatic carbocycles. The molecule has 4 rings (SSSR count). The molecular formula is C16H9BrN2S2. The summed E-state index contributed by atoms with van der Waals surface area (Å²) < 4.78 is 0.617. The smallest absolute Gasteiger partial charge is 0.197 e. The third kappa shape index (κ3) is 2.50. The Labute approximate surface area is 139 Å². The molecule has 5 heteroatoms. The Morgan fingerprint density at radius 3 is 2.38 bits per heavy atom. The van der Waals surface area contributed by atoms with Crippen molar-refractivity contribution in [3.05, 3.63) is 59.5 Å². The largest absolute Gasteiger partial charge is 0.231 e. The molecule has 0 N–H and O–H groups in total. The zero-order valence-electron chi connectivity index (χ0n) is 10.8. The highest BCUT2D eigenvalue weighted by Gasteiger charge is 2.20. The first-order valence-electron chi connectivity index (χ1n) is 6.38. The van der Waals surface area contributed by atoms with Crippen LogP contribution in [0.5, 0.6) is 0 Å². The Kier molecular flexibility index (Phi) is 3.49. The van der Waals surface area contributed by atoms with Crippen LogP contribution in [0.1, 0.15) is 0 Å². The van der Waals surface area contributed by atoms with Crippen LogP contribution in [0.2, 0.25) is 0 Å². The van der Waals surface area contributed by atoms with E-state index in [1.807, 2.05) is 29.6 Å². The maximum Gasteiger partial charge on any atom is 0.197 e. The number of hydrogen-bond donors (Lipinski definition) is 0. The van der Waals surface area contributed by atoms with Crippen molar-refractivity contribution < 1.29 is 0 Å². The van der Waals surface area contributed by atoms with Gasteiger partial charge in [-0.3, -0.25) is 0 Å². The van der Waals surface area contributed by atoms with Gasteiger partial charge in [0.15, 0.2) is 4.73 Å². The number of halogens is 1. The maximum atomic E-state index is 4.49. The van der Waals surface area contributed by atoms with Crippen LogP contribution in [0, 0.1) is 0 Å². The van der Waals surface area contributed by atoms with Gasteiger partial charge in [-0.1, -0.05) is 47.8 Å². The first-order chi connectivity index (χ1) is 10.3. The zero-order chi connectivity index (χ0) is 14.2. The van der Waals surface area contributed by atoms with E-state index in [9.17, 15) is 0 Å². The second kappa shape index (κ2) is 5.48. The van der Waals surface area contributed by atoms with Crippen molar-refractivity contribution in [3.63, 3.8) is 0 Å². The third-order valence-corrected chi connectivity index (χ3v) is 6.16. The van der Waals surface area contributed by atoms with E-state index < -0.39 is 0 Å². The number of benzene rings is 2. The van der Waals surface area contributed by atoms with Crippen LogP contribution < -0.4 is 0 Å². The highest BCUT2D eigenvalue weighted by Crippen LogP contribution is 2.51. The van der Waals surface area contributed by atoms with E-state index in [4.69, 9.17) is 0 Å². The fourth-order valence-corrected chi connectivity index (χ4v) is 4.93. The van der Waals surface area contributed by atoms with E-state index in [-0.39, 0.29) is 0 Å². The summed E-state index contributed by atoms with van der Waals surface area (Å²) in [5.74, 6) is 0. The van der Waals surface area contributed by atoms with Gasteiger partial charge in [0.2, 0.25) is 0 Å². The van der Waals surface area contributed by atoms with Gasteiger partial charge in [-0.25, -0.2) is 9.97 Å². The van der Waals surface area contributed by atoms with Crippen LogP contribution in [0.3, 0.4) is 0 Å². The lowest BCUT2D eigenvalue weighted by Gasteiger charge is -2.20. The number of hydrogen-bond acceptors (Lipinski definition) is 4. The number of fused-ring (bicyclic) bond motifs is 2. The van der Waals surface area contributed by atoms with Crippen molar-refractivity contribution in [2.24, 2.45) is 0 Å². The number of rotatable bonds is 1. The molecule has 1 aromatic heterocycles. The molecule has 0 spiro atoms. The van der Waals surface area contributed by atoms with E-state index in [0.29, 0.717) is 4.73 Å². The molecule has 0 saturated heterocycles. The SMILES string of the molecule is Brc1nccc(-c2cccc3c2Sc2ccccc2S3)n1. The molecule has 2 nitrogen and oxygen atoms in total. The van der Waals surface area contributed by atoms with Crippen LogP contribution in [0.25, 0.3) is 11.3 Å². The standard InChI is InChI=1S/C16H9BrN2S2/c17-16-18-9-8-11(19-16)10-4-3-7-14-15(10)21-13-6-2-1-5-12(13)20-14/h1-9H. The van der Waals surface area contributed by atoms with E-state index in [0.717, 1.165) is 11.3 Å². The Hall–Kier alpha value is -1.30. The molecule has 0 unspecified atom stereocenters. The van der Waals surface area contributed by atoms with Gasteiger partial charge >= 0.3 is 0 Å². The van der Waals surface area contributed by atoms with E-state index in [1.54, 1.807) is 6.20 Å². The minimum atomic E-state index is 0.617. The summed E-state index contributed by atoms with van der Waals surface area (Å²) in [6, 6.07) is 16.8. The van der Waals surface area contributed by atoms with Crippen LogP contribution in [-0.2, 0) is 0 Å². The van der Waals surface area contributed by atoms with E-state index in [2.05, 4.69) is 68.4 Å². The van der Waals surface area contributed by atoms with Gasteiger partial charge in [-0.15, -0.1) is 0 Å². The van der Waals surface area contributed by atoms with Crippen molar-refractivity contribution in [3.8, 4) is 11.3 Å². The van der Waals surface area contributed by atoms with Gasteiger partial charge < -0.3 is 0 Å². The molecule has 3 aromatic rings. The maximum absolute atomic E-state index is 4.49. The molecule has 0 radical (unpaired) electrons. The Balaban J connectivity index is 1.86. The van der Waals surface area contributed by atoms with Gasteiger partial charge in [0.25, 0.3) is 0 Å². The molecular weight excluding hydrogens is 364 g/mol. The highest BCUT2D eigenvalue weighted by molar-refractivity contribution is 9.10. The third-order valence-electron chi connectivity index (χ3n) is 3.16. The molecule has 0 saturated carbocycles. The number of nitrogens with zero attached hydrogens (tertiary/aromatic N) is 2. The van der Waals surface area contributed by atoms with Crippen molar-refractivity contribution >= 4 is 39.5 Å². The fraction of sp³-hybridized carbons (Fsp3) is 0. The van der Waals surface area contributed by atoms with E-state index in [1.165, 1.54) is 19.6 Å². The van der Waals surface area contributed by atoms with Gasteiger partial charge in [0, 0.05) is 31.3 Å². The van der Waals surface area contributed by atoms with Crippen LogP contribution in [0.4, 0.5) is 0 Å². The summed E-state index contributed by atoms with van der Waals surface area (Å²) in [6.07, 6.45) is 1.78. The zero-order valence-corrected chi connectivity index (χ0v) is 14.0. The van der Waals surface area contributed by atoms with Gasteiger partial charge in [-0.2, -0.15) is 0 Å². The highest BCUT2D eigenvalue weighted by atomic mass is 79.9. The van der Waals surface area contributed by atoms with E-state index >= 15 is 0 Å². The van der Waals surface area contributed by atoms with Crippen LogP contribution in [-0.4, -0.2) is 9.97 Å². The molecule has 0 fully saturated rings. The molecule has 0 amide bonds. The van der Waals surface area contributed by atoms with Crippen molar-refractivity contribution in [2.75, 3.05) is 0 Å². The average molecular weight is 373 g/mol. The monoisotopic (exact) mass is 372 g/mol. The number of aromatic nitrogens is 2. The Morgan fingerprint density at radius 1 is 0.810 bits per heavy atom. The lowest BCUT2D eigenvalue weighted by Crippen LogP contribution is -1.94. The molecule has 2 heterocycles. The molecule has 1 aliphatic heterocycles. The summed E-state index contributed by atoms with van der Waals surface area (Å²) in [6.45, 7) is 0. The minimum Gasteiger partial charge on any atom is -0.231 e. The molecule has 21 heavy (non-hydrogen) atoms. The average Bonchev–Trinajstić information content (AvgIpc) is 2.52. The minimum absolute atomic E-state index is 0.617. The van der Waals surface area contributed by atoms with Gasteiger partial charge in [0.1, 0.15) is 0 Å². The second-order valence-corrected chi connectivity index (χ2v) is 7.34. The van der Waals surface area contributed by atoms with Crippen molar-refractivity contribution in [2.45, 2.75) is 19.6 Å².